The molecule has 0 aliphatic rings. The molecule has 0 saturated carbocycles. The topological polar surface area (TPSA) is 0 Å². The van der Waals surface area contributed by atoms with Crippen LogP contribution in [0.4, 0.5) is 0 Å². The number of hydrogen-bond acceptors (Lipinski definition) is 0. The van der Waals surface area contributed by atoms with Crippen molar-refractivity contribution in [2.45, 2.75) is 60.3 Å². The molecule has 0 N–H and O–H groups in total. The Hall–Kier alpha value is -0.520. The fraction of sp³-hybridized carbons (Fsp3) is 0.733. The Labute approximate surface area is 96.5 Å². The van der Waals surface area contributed by atoms with Gasteiger partial charge in [-0.25, -0.2) is 0 Å². The maximum atomic E-state index is 2.40. The van der Waals surface area contributed by atoms with Crippen LogP contribution in [0.1, 0.15) is 60.3 Å². The van der Waals surface area contributed by atoms with Crippen LogP contribution in [0.3, 0.4) is 0 Å². The van der Waals surface area contributed by atoms with E-state index < -0.39 is 0 Å². The van der Waals surface area contributed by atoms with Crippen molar-refractivity contribution in [3.05, 3.63) is 24.3 Å². The molecule has 0 nitrogen and oxygen atoms in total. The number of allylic oxidation sites excluding steroid dienone is 4. The summed E-state index contributed by atoms with van der Waals surface area (Å²) in [6.45, 7) is 11.3. The molecule has 88 valence electrons. The van der Waals surface area contributed by atoms with Crippen LogP contribution in [-0.2, 0) is 0 Å². The molecule has 0 radical (unpaired) electrons. The van der Waals surface area contributed by atoms with E-state index in [9.17, 15) is 0 Å². The summed E-state index contributed by atoms with van der Waals surface area (Å²) >= 11 is 0. The maximum absolute atomic E-state index is 2.40. The SMILES string of the molecule is CC=CCCCC(C)(C)C=CC(C)CC. The molecule has 1 atom stereocenters. The van der Waals surface area contributed by atoms with Gasteiger partial charge in [0.2, 0.25) is 0 Å². The molecule has 0 heterocycles. The molecular formula is C15H28. The van der Waals surface area contributed by atoms with Gasteiger partial charge in [0.15, 0.2) is 0 Å². The van der Waals surface area contributed by atoms with Crippen LogP contribution in [0.15, 0.2) is 24.3 Å². The lowest BCUT2D eigenvalue weighted by Crippen LogP contribution is -2.07. The molecule has 0 aromatic heterocycles. The van der Waals surface area contributed by atoms with Crippen molar-refractivity contribution in [1.82, 2.24) is 0 Å². The molecule has 0 aromatic carbocycles. The summed E-state index contributed by atoms with van der Waals surface area (Å²) in [7, 11) is 0. The highest BCUT2D eigenvalue weighted by Gasteiger charge is 2.12. The number of rotatable bonds is 7. The summed E-state index contributed by atoms with van der Waals surface area (Å²) in [5, 5.41) is 0. The minimum atomic E-state index is 0.366. The van der Waals surface area contributed by atoms with Crippen LogP contribution < -0.4 is 0 Å². The fourth-order valence-electron chi connectivity index (χ4n) is 1.49. The standard InChI is InChI=1S/C15H28/c1-6-8-9-10-12-15(4,5)13-11-14(3)7-2/h6,8,11,13-14H,7,9-10,12H2,1-5H3. The predicted molar refractivity (Wildman–Crippen MR) is 71.0 cm³/mol. The Morgan fingerprint density at radius 2 is 1.93 bits per heavy atom. The van der Waals surface area contributed by atoms with Gasteiger partial charge in [0.1, 0.15) is 0 Å². The van der Waals surface area contributed by atoms with E-state index in [-0.39, 0.29) is 0 Å². The lowest BCUT2D eigenvalue weighted by Gasteiger charge is -2.20. The lowest BCUT2D eigenvalue weighted by atomic mass is 9.85. The Morgan fingerprint density at radius 3 is 2.47 bits per heavy atom. The summed E-state index contributed by atoms with van der Waals surface area (Å²) in [5.41, 5.74) is 0.366. The molecule has 0 heteroatoms. The average molecular weight is 208 g/mol. The van der Waals surface area contributed by atoms with Gasteiger partial charge in [-0.3, -0.25) is 0 Å². The molecule has 0 spiro atoms. The Bertz CT molecular complexity index is 196. The average Bonchev–Trinajstić information content (AvgIpc) is 2.21. The third-order valence-corrected chi connectivity index (χ3v) is 2.95. The van der Waals surface area contributed by atoms with Gasteiger partial charge in [-0.1, -0.05) is 58.4 Å². The monoisotopic (exact) mass is 208 g/mol. The van der Waals surface area contributed by atoms with E-state index in [0.717, 1.165) is 5.92 Å². The highest BCUT2D eigenvalue weighted by molar-refractivity contribution is 4.97. The molecule has 15 heavy (non-hydrogen) atoms. The molecule has 0 rings (SSSR count). The molecule has 0 bridgehead atoms. The predicted octanol–water partition coefficient (Wildman–Crippen LogP) is 5.36. The van der Waals surface area contributed by atoms with E-state index in [1.54, 1.807) is 0 Å². The first kappa shape index (κ1) is 14.5. The van der Waals surface area contributed by atoms with E-state index in [4.69, 9.17) is 0 Å². The maximum Gasteiger partial charge on any atom is -0.0175 e. The van der Waals surface area contributed by atoms with E-state index >= 15 is 0 Å². The van der Waals surface area contributed by atoms with Crippen molar-refractivity contribution in [1.29, 1.82) is 0 Å². The van der Waals surface area contributed by atoms with Crippen molar-refractivity contribution in [2.24, 2.45) is 11.3 Å². The summed E-state index contributed by atoms with van der Waals surface area (Å²) in [6, 6.07) is 0. The summed E-state index contributed by atoms with van der Waals surface area (Å²) < 4.78 is 0. The van der Waals surface area contributed by atoms with Crippen molar-refractivity contribution >= 4 is 0 Å². The lowest BCUT2D eigenvalue weighted by molar-refractivity contribution is 0.420. The third kappa shape index (κ3) is 8.47. The Kier molecular flexibility index (Phi) is 7.46. The third-order valence-electron chi connectivity index (χ3n) is 2.95. The van der Waals surface area contributed by atoms with Gasteiger partial charge in [0, 0.05) is 0 Å². The second kappa shape index (κ2) is 7.73. The number of unbranched alkanes of at least 4 members (excludes halogenated alkanes) is 1. The minimum absolute atomic E-state index is 0.366. The second-order valence-corrected chi connectivity index (χ2v) is 5.19. The van der Waals surface area contributed by atoms with Crippen LogP contribution >= 0.6 is 0 Å². The molecule has 0 fully saturated rings. The highest BCUT2D eigenvalue weighted by atomic mass is 14.2. The van der Waals surface area contributed by atoms with E-state index in [0.29, 0.717) is 5.41 Å². The zero-order valence-electron chi connectivity index (χ0n) is 11.2. The van der Waals surface area contributed by atoms with Gasteiger partial charge in [-0.05, 0) is 37.5 Å². The van der Waals surface area contributed by atoms with Crippen molar-refractivity contribution in [2.75, 3.05) is 0 Å². The molecule has 0 aliphatic carbocycles. The van der Waals surface area contributed by atoms with Crippen molar-refractivity contribution < 1.29 is 0 Å². The first-order valence-corrected chi connectivity index (χ1v) is 6.32. The van der Waals surface area contributed by atoms with E-state index in [2.05, 4.69) is 58.9 Å². The highest BCUT2D eigenvalue weighted by Crippen LogP contribution is 2.26. The minimum Gasteiger partial charge on any atom is -0.0917 e. The molecule has 0 aliphatic heterocycles. The van der Waals surface area contributed by atoms with Crippen LogP contribution in [0.25, 0.3) is 0 Å². The Balaban J connectivity index is 3.90. The first-order valence-electron chi connectivity index (χ1n) is 6.32. The molecule has 0 amide bonds. The van der Waals surface area contributed by atoms with E-state index in [1.807, 2.05) is 0 Å². The van der Waals surface area contributed by atoms with Gasteiger partial charge >= 0.3 is 0 Å². The van der Waals surface area contributed by atoms with Gasteiger partial charge < -0.3 is 0 Å². The smallest absolute Gasteiger partial charge is 0.0175 e. The fourth-order valence-corrected chi connectivity index (χ4v) is 1.49. The molecule has 0 saturated heterocycles. The Morgan fingerprint density at radius 1 is 1.27 bits per heavy atom. The van der Waals surface area contributed by atoms with Crippen LogP contribution in [0.5, 0.6) is 0 Å². The van der Waals surface area contributed by atoms with Gasteiger partial charge in [-0.2, -0.15) is 0 Å². The first-order chi connectivity index (χ1) is 7.02. The van der Waals surface area contributed by atoms with Gasteiger partial charge in [0.05, 0.1) is 0 Å². The summed E-state index contributed by atoms with van der Waals surface area (Å²) in [5.74, 6) is 0.722. The van der Waals surface area contributed by atoms with E-state index in [1.165, 1.54) is 25.7 Å². The zero-order valence-corrected chi connectivity index (χ0v) is 11.2. The van der Waals surface area contributed by atoms with Gasteiger partial charge in [0.25, 0.3) is 0 Å². The van der Waals surface area contributed by atoms with Gasteiger partial charge in [-0.15, -0.1) is 0 Å². The quantitative estimate of drug-likeness (QED) is 0.390. The van der Waals surface area contributed by atoms with Crippen molar-refractivity contribution in [3.63, 3.8) is 0 Å². The largest absolute Gasteiger partial charge is 0.0917 e. The second-order valence-electron chi connectivity index (χ2n) is 5.19. The van der Waals surface area contributed by atoms with Crippen LogP contribution in [0.2, 0.25) is 0 Å². The molecule has 0 aromatic rings. The zero-order chi connectivity index (χ0) is 11.7. The normalized spacial score (nSPS) is 15.3. The molecule has 1 unspecified atom stereocenters. The summed E-state index contributed by atoms with van der Waals surface area (Å²) in [4.78, 5) is 0. The summed E-state index contributed by atoms with van der Waals surface area (Å²) in [6.07, 6.45) is 14.2. The molecular weight excluding hydrogens is 180 g/mol. The number of hydrogen-bond donors (Lipinski definition) is 0. The van der Waals surface area contributed by atoms with Crippen LogP contribution in [-0.4, -0.2) is 0 Å². The van der Waals surface area contributed by atoms with Crippen LogP contribution in [0, 0.1) is 11.3 Å². The van der Waals surface area contributed by atoms with Crippen molar-refractivity contribution in [3.8, 4) is 0 Å².